The number of nitrogens with zero attached hydrogens (tertiary/aromatic N) is 2. The molecule has 0 aliphatic carbocycles. The maximum atomic E-state index is 12.8. The van der Waals surface area contributed by atoms with Crippen LogP contribution in [0.3, 0.4) is 0 Å². The molecule has 1 N–H and O–H groups in total. The lowest BCUT2D eigenvalue weighted by molar-refractivity contribution is 0.102. The van der Waals surface area contributed by atoms with Gasteiger partial charge in [0.1, 0.15) is 5.75 Å². The molecule has 0 bridgehead atoms. The van der Waals surface area contributed by atoms with Crippen LogP contribution in [0.4, 0.5) is 5.69 Å². The van der Waals surface area contributed by atoms with Crippen molar-refractivity contribution in [3.63, 3.8) is 0 Å². The lowest BCUT2D eigenvalue weighted by Crippen LogP contribution is -2.14. The van der Waals surface area contributed by atoms with Gasteiger partial charge in [-0.3, -0.25) is 4.79 Å². The molecular weight excluding hydrogens is 350 g/mol. The number of hydrogen-bond acceptors (Lipinski definition) is 3. The van der Waals surface area contributed by atoms with Gasteiger partial charge in [0.25, 0.3) is 5.91 Å². The fourth-order valence-electron chi connectivity index (χ4n) is 2.80. The summed E-state index contributed by atoms with van der Waals surface area (Å²) in [4.78, 5) is 12.8. The third kappa shape index (κ3) is 3.30. The predicted molar refractivity (Wildman–Crippen MR) is 104 cm³/mol. The van der Waals surface area contributed by atoms with E-state index < -0.39 is 0 Å². The molecule has 3 aromatic rings. The van der Waals surface area contributed by atoms with Gasteiger partial charge in [-0.05, 0) is 44.0 Å². The fourth-order valence-corrected chi connectivity index (χ4v) is 2.95. The predicted octanol–water partition coefficient (Wildman–Crippen LogP) is 4.71. The van der Waals surface area contributed by atoms with Crippen LogP contribution in [0.1, 0.15) is 27.2 Å². The molecule has 26 heavy (non-hydrogen) atoms. The molecule has 1 aromatic heterocycles. The van der Waals surface area contributed by atoms with Gasteiger partial charge in [0, 0.05) is 11.1 Å². The molecule has 3 rings (SSSR count). The Bertz CT molecular complexity index is 979. The van der Waals surface area contributed by atoms with Crippen LogP contribution in [0.25, 0.3) is 5.69 Å². The molecule has 0 atom stereocenters. The third-order valence-electron chi connectivity index (χ3n) is 4.33. The molecular formula is C20H20ClN3O2. The van der Waals surface area contributed by atoms with Crippen molar-refractivity contribution >= 4 is 23.2 Å². The van der Waals surface area contributed by atoms with Crippen LogP contribution in [0.5, 0.6) is 5.75 Å². The van der Waals surface area contributed by atoms with Gasteiger partial charge < -0.3 is 10.1 Å². The maximum Gasteiger partial charge on any atom is 0.259 e. The largest absolute Gasteiger partial charge is 0.495 e. The Labute approximate surface area is 157 Å². The van der Waals surface area contributed by atoms with Gasteiger partial charge in [0.15, 0.2) is 0 Å². The Hall–Kier alpha value is -2.79. The van der Waals surface area contributed by atoms with Crippen LogP contribution in [0.15, 0.2) is 42.6 Å². The Morgan fingerprint density at radius 1 is 1.15 bits per heavy atom. The number of methoxy groups -OCH3 is 1. The smallest absolute Gasteiger partial charge is 0.259 e. The average molecular weight is 370 g/mol. The minimum atomic E-state index is -0.248. The monoisotopic (exact) mass is 369 g/mol. The van der Waals surface area contributed by atoms with E-state index in [0.29, 0.717) is 22.0 Å². The first-order valence-corrected chi connectivity index (χ1v) is 8.56. The summed E-state index contributed by atoms with van der Waals surface area (Å²) in [5.74, 6) is 0.264. The van der Waals surface area contributed by atoms with Crippen molar-refractivity contribution in [3.05, 3.63) is 70.0 Å². The summed E-state index contributed by atoms with van der Waals surface area (Å²) >= 11 is 6.12. The number of carbonyl (C=O) groups excluding carboxylic acids is 1. The number of benzene rings is 2. The van der Waals surface area contributed by atoms with Gasteiger partial charge in [0.05, 0.1) is 35.9 Å². The first-order valence-electron chi connectivity index (χ1n) is 8.18. The van der Waals surface area contributed by atoms with E-state index in [4.69, 9.17) is 16.3 Å². The first kappa shape index (κ1) is 18.0. The average Bonchev–Trinajstić information content (AvgIpc) is 2.99. The number of para-hydroxylation sites is 1. The van der Waals surface area contributed by atoms with Gasteiger partial charge in [-0.1, -0.05) is 29.8 Å². The number of amides is 1. The highest BCUT2D eigenvalue weighted by Gasteiger charge is 2.18. The fraction of sp³-hybridized carbons (Fsp3) is 0.200. The van der Waals surface area contributed by atoms with E-state index in [-0.39, 0.29) is 5.91 Å². The molecule has 0 fully saturated rings. The highest BCUT2D eigenvalue weighted by atomic mass is 35.5. The van der Waals surface area contributed by atoms with Crippen molar-refractivity contribution in [1.29, 1.82) is 0 Å². The van der Waals surface area contributed by atoms with Crippen LogP contribution in [-0.2, 0) is 0 Å². The zero-order chi connectivity index (χ0) is 18.8. The number of rotatable bonds is 4. The van der Waals surface area contributed by atoms with Crippen molar-refractivity contribution in [2.45, 2.75) is 20.8 Å². The van der Waals surface area contributed by atoms with E-state index in [1.165, 1.54) is 7.11 Å². The second-order valence-electron chi connectivity index (χ2n) is 6.10. The topological polar surface area (TPSA) is 56.1 Å². The van der Waals surface area contributed by atoms with E-state index in [1.807, 2.05) is 45.0 Å². The van der Waals surface area contributed by atoms with Gasteiger partial charge in [-0.15, -0.1) is 0 Å². The normalized spacial score (nSPS) is 10.7. The lowest BCUT2D eigenvalue weighted by atomic mass is 10.1. The molecule has 0 spiro atoms. The minimum Gasteiger partial charge on any atom is -0.495 e. The number of aryl methyl sites for hydroxylation is 2. The molecule has 0 aliphatic rings. The number of anilines is 1. The summed E-state index contributed by atoms with van der Waals surface area (Å²) in [6.07, 6.45) is 1.58. The number of ether oxygens (including phenoxy) is 1. The summed E-state index contributed by atoms with van der Waals surface area (Å²) in [5.41, 5.74) is 4.73. The molecule has 6 heteroatoms. The molecule has 0 unspecified atom stereocenters. The molecule has 0 aliphatic heterocycles. The molecule has 2 aromatic carbocycles. The van der Waals surface area contributed by atoms with Crippen LogP contribution >= 0.6 is 11.6 Å². The van der Waals surface area contributed by atoms with Crippen LogP contribution in [0, 0.1) is 20.8 Å². The summed E-state index contributed by atoms with van der Waals surface area (Å²) in [6, 6.07) is 11.4. The Morgan fingerprint density at radius 3 is 2.58 bits per heavy atom. The summed E-state index contributed by atoms with van der Waals surface area (Å²) in [6.45, 7) is 5.76. The molecule has 134 valence electrons. The zero-order valence-electron chi connectivity index (χ0n) is 15.1. The molecule has 0 radical (unpaired) electrons. The Morgan fingerprint density at radius 2 is 1.88 bits per heavy atom. The number of hydrogen-bond donors (Lipinski definition) is 1. The van der Waals surface area contributed by atoms with Crippen molar-refractivity contribution < 1.29 is 9.53 Å². The molecule has 5 nitrogen and oxygen atoms in total. The maximum absolute atomic E-state index is 12.8. The van der Waals surface area contributed by atoms with Crippen molar-refractivity contribution in [2.75, 3.05) is 12.4 Å². The highest BCUT2D eigenvalue weighted by molar-refractivity contribution is 6.31. The third-order valence-corrected chi connectivity index (χ3v) is 4.73. The lowest BCUT2D eigenvalue weighted by Gasteiger charge is -2.12. The Kier molecular flexibility index (Phi) is 5.00. The first-order chi connectivity index (χ1) is 12.4. The summed E-state index contributed by atoms with van der Waals surface area (Å²) < 4.78 is 7.09. The molecule has 0 saturated carbocycles. The van der Waals surface area contributed by atoms with Crippen LogP contribution in [0.2, 0.25) is 5.02 Å². The van der Waals surface area contributed by atoms with Gasteiger partial charge in [0.2, 0.25) is 0 Å². The molecule has 1 amide bonds. The minimum absolute atomic E-state index is 0.248. The van der Waals surface area contributed by atoms with Crippen molar-refractivity contribution in [2.24, 2.45) is 0 Å². The number of halogens is 1. The summed E-state index contributed by atoms with van der Waals surface area (Å²) in [7, 11) is 1.54. The van der Waals surface area contributed by atoms with E-state index >= 15 is 0 Å². The molecule has 0 saturated heterocycles. The quantitative estimate of drug-likeness (QED) is 0.724. The van der Waals surface area contributed by atoms with Gasteiger partial charge in [-0.25, -0.2) is 4.68 Å². The number of carbonyl (C=O) groups is 1. The van der Waals surface area contributed by atoms with E-state index in [0.717, 1.165) is 22.5 Å². The number of nitrogens with one attached hydrogen (secondary N) is 1. The SMILES string of the molecule is COc1cc(Cl)c(C)cc1NC(=O)c1cnn(-c2ccccc2C)c1C. The second kappa shape index (κ2) is 7.22. The van der Waals surface area contributed by atoms with Crippen molar-refractivity contribution in [1.82, 2.24) is 9.78 Å². The number of aromatic nitrogens is 2. The standard InChI is InChI=1S/C20H20ClN3O2/c1-12-7-5-6-8-18(12)24-14(3)15(11-22-24)20(25)23-17-9-13(2)16(21)10-19(17)26-4/h5-11H,1-4H3,(H,23,25). The van der Waals surface area contributed by atoms with Crippen LogP contribution in [-0.4, -0.2) is 22.8 Å². The highest BCUT2D eigenvalue weighted by Crippen LogP contribution is 2.31. The zero-order valence-corrected chi connectivity index (χ0v) is 15.9. The van der Waals surface area contributed by atoms with Crippen LogP contribution < -0.4 is 10.1 Å². The molecule has 1 heterocycles. The van der Waals surface area contributed by atoms with Crippen molar-refractivity contribution in [3.8, 4) is 11.4 Å². The van der Waals surface area contributed by atoms with E-state index in [9.17, 15) is 4.79 Å². The van der Waals surface area contributed by atoms with E-state index in [2.05, 4.69) is 10.4 Å². The van der Waals surface area contributed by atoms with Gasteiger partial charge >= 0.3 is 0 Å². The Balaban J connectivity index is 1.93. The van der Waals surface area contributed by atoms with Gasteiger partial charge in [-0.2, -0.15) is 5.10 Å². The summed E-state index contributed by atoms with van der Waals surface area (Å²) in [5, 5.41) is 7.86. The second-order valence-corrected chi connectivity index (χ2v) is 6.50. The van der Waals surface area contributed by atoms with E-state index in [1.54, 1.807) is 23.0 Å².